The number of urea groups is 1. The maximum atomic E-state index is 13.5. The normalized spacial score (nSPS) is 17.3. The van der Waals surface area contributed by atoms with Gasteiger partial charge < -0.3 is 15.0 Å². The molecule has 2 aromatic rings. The summed E-state index contributed by atoms with van der Waals surface area (Å²) >= 11 is 6.54. The average molecular weight is 595 g/mol. The van der Waals surface area contributed by atoms with Gasteiger partial charge in [0.2, 0.25) is 5.91 Å². The van der Waals surface area contributed by atoms with Crippen molar-refractivity contribution < 1.29 is 23.9 Å². The monoisotopic (exact) mass is 594 g/mol. The van der Waals surface area contributed by atoms with Crippen molar-refractivity contribution in [3.63, 3.8) is 0 Å². The van der Waals surface area contributed by atoms with Gasteiger partial charge in [-0.05, 0) is 77.4 Å². The van der Waals surface area contributed by atoms with E-state index in [0.717, 1.165) is 4.90 Å². The van der Waals surface area contributed by atoms with Gasteiger partial charge in [-0.2, -0.15) is 0 Å². The molecule has 0 atom stereocenters. The van der Waals surface area contributed by atoms with Crippen LogP contribution >= 0.6 is 11.6 Å². The summed E-state index contributed by atoms with van der Waals surface area (Å²) in [5.41, 5.74) is 0.480. The van der Waals surface area contributed by atoms with Gasteiger partial charge in [-0.15, -0.1) is 0 Å². The Morgan fingerprint density at radius 1 is 1.05 bits per heavy atom. The van der Waals surface area contributed by atoms with Gasteiger partial charge in [0.05, 0.1) is 29.5 Å². The van der Waals surface area contributed by atoms with Crippen LogP contribution in [0.5, 0.6) is 0 Å². The Morgan fingerprint density at radius 3 is 2.26 bits per heavy atom. The zero-order valence-corrected chi connectivity index (χ0v) is 25.4. The first-order valence-electron chi connectivity index (χ1n) is 13.6. The molecule has 0 radical (unpaired) electrons. The fraction of sp³-hybridized carbons (Fsp3) is 0.433. The van der Waals surface area contributed by atoms with Gasteiger partial charge in [-0.3, -0.25) is 19.4 Å². The lowest BCUT2D eigenvalue weighted by molar-refractivity contribution is -0.120. The van der Waals surface area contributed by atoms with Gasteiger partial charge in [-0.25, -0.2) is 19.3 Å². The first-order chi connectivity index (χ1) is 19.6. The number of hydrogen-bond acceptors (Lipinski definition) is 6. The molecule has 2 aliphatic rings. The molecule has 0 spiro atoms. The first-order valence-corrected chi connectivity index (χ1v) is 14.0. The van der Waals surface area contributed by atoms with E-state index in [4.69, 9.17) is 22.9 Å². The fourth-order valence-corrected chi connectivity index (χ4v) is 5.13. The molecule has 1 N–H and O–H groups in total. The predicted molar refractivity (Wildman–Crippen MR) is 161 cm³/mol. The molecule has 2 aromatic carbocycles. The molecule has 5 amide bonds. The molecule has 11 nitrogen and oxygen atoms in total. The number of halogens is 1. The van der Waals surface area contributed by atoms with E-state index in [1.807, 2.05) is 25.7 Å². The summed E-state index contributed by atoms with van der Waals surface area (Å²) in [6, 6.07) is 9.04. The number of rotatable bonds is 5. The maximum Gasteiger partial charge on any atom is 0.410 e. The number of carbonyl (C=O) groups excluding carboxylic acids is 4. The van der Waals surface area contributed by atoms with E-state index in [9.17, 15) is 19.2 Å². The van der Waals surface area contributed by atoms with Crippen LogP contribution in [0.1, 0.15) is 40.2 Å². The largest absolute Gasteiger partial charge is 0.444 e. The molecule has 4 rings (SSSR count). The molecule has 0 unspecified atom stereocenters. The number of nitrogens with one attached hydrogen (secondary N) is 1. The van der Waals surface area contributed by atoms with Gasteiger partial charge in [0.1, 0.15) is 11.1 Å². The topological polar surface area (TPSA) is 107 Å². The van der Waals surface area contributed by atoms with Crippen LogP contribution in [-0.4, -0.2) is 77.6 Å². The van der Waals surface area contributed by atoms with E-state index < -0.39 is 23.1 Å². The van der Waals surface area contributed by atoms with Crippen LogP contribution in [0, 0.1) is 13.5 Å². The van der Waals surface area contributed by atoms with Gasteiger partial charge in [0, 0.05) is 31.9 Å². The number of hydrogen-bond donors (Lipinski definition) is 1. The minimum absolute atomic E-state index is 0.118. The number of aryl methyl sites for hydroxylation is 1. The van der Waals surface area contributed by atoms with Crippen LogP contribution < -0.4 is 15.1 Å². The van der Waals surface area contributed by atoms with Crippen molar-refractivity contribution in [2.45, 2.75) is 52.7 Å². The van der Waals surface area contributed by atoms with Crippen molar-refractivity contribution in [3.8, 4) is 0 Å². The lowest BCUT2D eigenvalue weighted by Crippen LogP contribution is -2.51. The molecule has 12 heteroatoms. The molecule has 2 heterocycles. The van der Waals surface area contributed by atoms with E-state index in [-0.39, 0.29) is 23.6 Å². The summed E-state index contributed by atoms with van der Waals surface area (Å²) in [5.74, 6) is -0.685. The van der Waals surface area contributed by atoms with Crippen LogP contribution in [0.2, 0.25) is 5.02 Å². The van der Waals surface area contributed by atoms with Gasteiger partial charge in [0.15, 0.2) is 5.69 Å². The van der Waals surface area contributed by atoms with Crippen LogP contribution in [0.25, 0.3) is 4.85 Å². The molecular formula is C30H35ClN6O5. The summed E-state index contributed by atoms with van der Waals surface area (Å²) in [6.07, 6.45) is -0.365. The number of carbonyl (C=O) groups is 4. The van der Waals surface area contributed by atoms with Crippen molar-refractivity contribution in [2.24, 2.45) is 0 Å². The molecule has 222 valence electrons. The number of ether oxygens (including phenoxy) is 1. The Kier molecular flexibility index (Phi) is 8.53. The smallest absolute Gasteiger partial charge is 0.410 e. The molecule has 0 aliphatic carbocycles. The number of nitrogens with zero attached hydrogens (tertiary/aromatic N) is 5. The average Bonchev–Trinajstić information content (AvgIpc) is 3.07. The third-order valence-corrected chi connectivity index (χ3v) is 7.42. The SMILES string of the molecule is [C-]#[N+]c1ccc(N2C(=O)N(c3ccc(NC(=O)CN4CCN(C(=O)OC(C)(C)C)CC4)c(Cl)c3)C(C)(C)C2=O)cc1C. The number of piperazine rings is 1. The Hall–Kier alpha value is -4.14. The Morgan fingerprint density at radius 2 is 1.69 bits per heavy atom. The molecule has 42 heavy (non-hydrogen) atoms. The lowest BCUT2D eigenvalue weighted by Gasteiger charge is -2.35. The van der Waals surface area contributed by atoms with E-state index >= 15 is 0 Å². The van der Waals surface area contributed by atoms with Crippen molar-refractivity contribution in [1.29, 1.82) is 0 Å². The Balaban J connectivity index is 1.41. The van der Waals surface area contributed by atoms with E-state index in [1.54, 1.807) is 62.1 Å². The molecule has 0 bridgehead atoms. The zero-order chi connectivity index (χ0) is 31.0. The first kappa shape index (κ1) is 30.8. The van der Waals surface area contributed by atoms with Crippen molar-refractivity contribution in [2.75, 3.05) is 47.8 Å². The quantitative estimate of drug-likeness (QED) is 0.365. The number of amides is 5. The number of anilines is 3. The second kappa shape index (κ2) is 11.6. The number of benzene rings is 2. The molecule has 0 aromatic heterocycles. The second-order valence-electron chi connectivity index (χ2n) is 11.9. The highest BCUT2D eigenvalue weighted by atomic mass is 35.5. The summed E-state index contributed by atoms with van der Waals surface area (Å²) < 4.78 is 5.42. The second-order valence-corrected chi connectivity index (χ2v) is 12.3. The Labute approximate surface area is 250 Å². The van der Waals surface area contributed by atoms with Gasteiger partial charge in [-0.1, -0.05) is 17.7 Å². The summed E-state index contributed by atoms with van der Waals surface area (Å²) in [5, 5.41) is 3.02. The summed E-state index contributed by atoms with van der Waals surface area (Å²) in [4.78, 5) is 61.5. The summed E-state index contributed by atoms with van der Waals surface area (Å²) in [7, 11) is 0. The van der Waals surface area contributed by atoms with Crippen LogP contribution in [0.15, 0.2) is 36.4 Å². The van der Waals surface area contributed by atoms with Crippen LogP contribution in [0.3, 0.4) is 0 Å². The van der Waals surface area contributed by atoms with E-state index in [1.165, 1.54) is 4.90 Å². The maximum absolute atomic E-state index is 13.5. The molecule has 2 saturated heterocycles. The fourth-order valence-electron chi connectivity index (χ4n) is 4.91. The summed E-state index contributed by atoms with van der Waals surface area (Å²) in [6.45, 7) is 19.8. The highest BCUT2D eigenvalue weighted by Gasteiger charge is 2.52. The van der Waals surface area contributed by atoms with Crippen molar-refractivity contribution in [3.05, 3.63) is 58.4 Å². The molecule has 0 saturated carbocycles. The minimum atomic E-state index is -1.21. The molecular weight excluding hydrogens is 560 g/mol. The molecule has 2 fully saturated rings. The van der Waals surface area contributed by atoms with E-state index in [2.05, 4.69) is 10.2 Å². The highest BCUT2D eigenvalue weighted by molar-refractivity contribution is 6.35. The zero-order valence-electron chi connectivity index (χ0n) is 24.7. The van der Waals surface area contributed by atoms with Crippen LogP contribution in [0.4, 0.5) is 32.3 Å². The standard InChI is InChI=1S/C30H35ClN6O5/c1-19-16-20(8-10-23(19)32-7)36-26(39)30(5,6)37(27(36)40)21-9-11-24(22(31)17-21)33-25(38)18-34-12-14-35(15-13-34)28(41)42-29(2,3)4/h8-11,16-17H,12-15,18H2,1-6H3,(H,33,38). The van der Waals surface area contributed by atoms with Crippen molar-refractivity contribution in [1.82, 2.24) is 9.80 Å². The third-order valence-electron chi connectivity index (χ3n) is 7.10. The molecule has 2 aliphatic heterocycles. The number of imide groups is 1. The Bertz CT molecular complexity index is 1470. The van der Waals surface area contributed by atoms with Gasteiger partial charge >= 0.3 is 12.1 Å². The van der Waals surface area contributed by atoms with E-state index in [0.29, 0.717) is 54.5 Å². The highest BCUT2D eigenvalue weighted by Crippen LogP contribution is 2.39. The van der Waals surface area contributed by atoms with Gasteiger partial charge in [0.25, 0.3) is 5.91 Å². The van der Waals surface area contributed by atoms with Crippen molar-refractivity contribution >= 4 is 58.3 Å². The predicted octanol–water partition coefficient (Wildman–Crippen LogP) is 5.44. The van der Waals surface area contributed by atoms with Crippen LogP contribution in [-0.2, 0) is 14.3 Å². The lowest BCUT2D eigenvalue weighted by atomic mass is 10.0. The third kappa shape index (κ3) is 6.35. The minimum Gasteiger partial charge on any atom is -0.444 e.